The number of aromatic carboxylic acids is 1. The van der Waals surface area contributed by atoms with Gasteiger partial charge in [0.2, 0.25) is 0 Å². The van der Waals surface area contributed by atoms with Crippen LogP contribution in [-0.4, -0.2) is 29.4 Å². The van der Waals surface area contributed by atoms with Gasteiger partial charge in [-0.3, -0.25) is 0 Å². The second kappa shape index (κ2) is 9.56. The van der Waals surface area contributed by atoms with Gasteiger partial charge in [0.15, 0.2) is 0 Å². The summed E-state index contributed by atoms with van der Waals surface area (Å²) in [6.07, 6.45) is 0. The molecule has 0 radical (unpaired) electrons. The fourth-order valence-electron chi connectivity index (χ4n) is 3.60. The van der Waals surface area contributed by atoms with Crippen molar-refractivity contribution in [2.75, 3.05) is 13.2 Å². The second-order valence-corrected chi connectivity index (χ2v) is 7.93. The van der Waals surface area contributed by atoms with Crippen molar-refractivity contribution in [1.82, 2.24) is 0 Å². The van der Waals surface area contributed by atoms with Crippen LogP contribution >= 0.6 is 0 Å². The topological polar surface area (TPSA) is 76.0 Å². The molecule has 0 heterocycles. The summed E-state index contributed by atoms with van der Waals surface area (Å²) in [6, 6.07) is 22.2. The number of carboxylic acids is 1. The molecular formula is C26H28O5. The van der Waals surface area contributed by atoms with E-state index in [0.29, 0.717) is 13.2 Å². The van der Waals surface area contributed by atoms with E-state index < -0.39 is 11.4 Å². The number of aromatic hydroxyl groups is 1. The highest BCUT2D eigenvalue weighted by Gasteiger charge is 2.33. The average molecular weight is 421 g/mol. The summed E-state index contributed by atoms with van der Waals surface area (Å²) < 4.78 is 11.4. The Labute approximate surface area is 182 Å². The lowest BCUT2D eigenvalue weighted by Gasteiger charge is -2.35. The number of ether oxygens (including phenoxy) is 2. The first-order valence-electron chi connectivity index (χ1n) is 10.3. The number of carbonyl (C=O) groups is 1. The zero-order valence-corrected chi connectivity index (χ0v) is 18.0. The summed E-state index contributed by atoms with van der Waals surface area (Å²) in [6.45, 7) is 7.15. The van der Waals surface area contributed by atoms with Crippen molar-refractivity contribution in [3.8, 4) is 17.2 Å². The molecule has 0 aliphatic carbocycles. The van der Waals surface area contributed by atoms with Gasteiger partial charge in [-0.15, -0.1) is 0 Å². The molecule has 0 bridgehead atoms. The number of phenols is 1. The van der Waals surface area contributed by atoms with Crippen molar-refractivity contribution in [2.24, 2.45) is 5.92 Å². The molecule has 5 heteroatoms. The van der Waals surface area contributed by atoms with Crippen LogP contribution < -0.4 is 9.47 Å². The zero-order valence-electron chi connectivity index (χ0n) is 18.0. The molecule has 0 aromatic heterocycles. The number of hydrogen-bond acceptors (Lipinski definition) is 4. The van der Waals surface area contributed by atoms with E-state index in [4.69, 9.17) is 9.47 Å². The smallest absolute Gasteiger partial charge is 0.339 e. The average Bonchev–Trinajstić information content (AvgIpc) is 2.77. The van der Waals surface area contributed by atoms with Crippen molar-refractivity contribution < 1.29 is 24.5 Å². The van der Waals surface area contributed by atoms with E-state index in [2.05, 4.69) is 20.8 Å². The van der Waals surface area contributed by atoms with E-state index in [0.717, 1.165) is 22.6 Å². The van der Waals surface area contributed by atoms with Crippen molar-refractivity contribution in [2.45, 2.75) is 26.2 Å². The minimum Gasteiger partial charge on any atom is -0.507 e. The number of hydrogen-bond donors (Lipinski definition) is 2. The molecule has 2 N–H and O–H groups in total. The van der Waals surface area contributed by atoms with Crippen LogP contribution in [0.15, 0.2) is 72.8 Å². The quantitative estimate of drug-likeness (QED) is 0.447. The summed E-state index contributed by atoms with van der Waals surface area (Å²) >= 11 is 0. The zero-order chi connectivity index (χ0) is 22.4. The molecule has 0 saturated heterocycles. The van der Waals surface area contributed by atoms with Gasteiger partial charge in [0.1, 0.15) is 36.0 Å². The lowest BCUT2D eigenvalue weighted by atomic mass is 9.68. The van der Waals surface area contributed by atoms with Crippen LogP contribution in [0, 0.1) is 5.92 Å². The fourth-order valence-corrected chi connectivity index (χ4v) is 3.60. The minimum atomic E-state index is -1.15. The SMILES string of the molecule is CC(C)C(C)(c1ccc(OCCOc2ccccc2)cc1)c1ccc(O)c(C(=O)O)c1. The molecule has 3 rings (SSSR count). The molecule has 0 fully saturated rings. The molecule has 162 valence electrons. The van der Waals surface area contributed by atoms with Crippen molar-refractivity contribution >= 4 is 5.97 Å². The third-order valence-electron chi connectivity index (χ3n) is 5.80. The molecule has 0 spiro atoms. The molecule has 0 aliphatic heterocycles. The predicted octanol–water partition coefficient (Wildman–Crippen LogP) is 5.51. The number of para-hydroxylation sites is 1. The normalized spacial score (nSPS) is 12.9. The van der Waals surface area contributed by atoms with E-state index in [9.17, 15) is 15.0 Å². The van der Waals surface area contributed by atoms with Gasteiger partial charge >= 0.3 is 5.97 Å². The van der Waals surface area contributed by atoms with Crippen LogP contribution in [0.2, 0.25) is 0 Å². The molecule has 0 amide bonds. The van der Waals surface area contributed by atoms with Crippen molar-refractivity contribution in [3.63, 3.8) is 0 Å². The van der Waals surface area contributed by atoms with Gasteiger partial charge in [0.25, 0.3) is 0 Å². The van der Waals surface area contributed by atoms with E-state index >= 15 is 0 Å². The van der Waals surface area contributed by atoms with Crippen LogP contribution in [0.3, 0.4) is 0 Å². The number of rotatable bonds is 9. The van der Waals surface area contributed by atoms with Crippen LogP contribution in [0.4, 0.5) is 0 Å². The Morgan fingerprint density at radius 3 is 1.97 bits per heavy atom. The van der Waals surface area contributed by atoms with Crippen LogP contribution in [0.1, 0.15) is 42.3 Å². The molecule has 5 nitrogen and oxygen atoms in total. The maximum Gasteiger partial charge on any atom is 0.339 e. The van der Waals surface area contributed by atoms with Gasteiger partial charge < -0.3 is 19.7 Å². The monoisotopic (exact) mass is 420 g/mol. The van der Waals surface area contributed by atoms with Gasteiger partial charge in [-0.1, -0.05) is 57.2 Å². The molecule has 1 atom stereocenters. The van der Waals surface area contributed by atoms with E-state index in [1.54, 1.807) is 12.1 Å². The highest BCUT2D eigenvalue weighted by molar-refractivity contribution is 5.91. The molecule has 3 aromatic rings. The predicted molar refractivity (Wildman–Crippen MR) is 120 cm³/mol. The Hall–Kier alpha value is -3.47. The Kier molecular flexibility index (Phi) is 6.85. The standard InChI is InChI=1S/C26H28O5/c1-18(2)26(3,20-11-14-24(27)23(17-20)25(28)29)19-9-12-22(13-10-19)31-16-15-30-21-7-5-4-6-8-21/h4-14,17-18,27H,15-16H2,1-3H3,(H,28,29). The molecule has 0 saturated carbocycles. The van der Waals surface area contributed by atoms with E-state index in [1.807, 2.05) is 54.6 Å². The Morgan fingerprint density at radius 2 is 1.42 bits per heavy atom. The minimum absolute atomic E-state index is 0.0947. The molecule has 0 aliphatic rings. The third kappa shape index (κ3) is 5.00. The third-order valence-corrected chi connectivity index (χ3v) is 5.80. The highest BCUT2D eigenvalue weighted by atomic mass is 16.5. The lowest BCUT2D eigenvalue weighted by molar-refractivity contribution is 0.0693. The van der Waals surface area contributed by atoms with Crippen molar-refractivity contribution in [3.05, 3.63) is 89.5 Å². The highest BCUT2D eigenvalue weighted by Crippen LogP contribution is 2.40. The van der Waals surface area contributed by atoms with Gasteiger partial charge in [-0.25, -0.2) is 4.79 Å². The summed E-state index contributed by atoms with van der Waals surface area (Å²) in [7, 11) is 0. The Morgan fingerprint density at radius 1 is 0.871 bits per heavy atom. The number of carboxylic acid groups (broad SMARTS) is 1. The fraction of sp³-hybridized carbons (Fsp3) is 0.269. The van der Waals surface area contributed by atoms with E-state index in [1.165, 1.54) is 6.07 Å². The van der Waals surface area contributed by atoms with Gasteiger partial charge in [0, 0.05) is 5.41 Å². The molecule has 31 heavy (non-hydrogen) atoms. The van der Waals surface area contributed by atoms with Crippen LogP contribution in [0.5, 0.6) is 17.2 Å². The summed E-state index contributed by atoms with van der Waals surface area (Å²) in [5.41, 5.74) is 1.34. The van der Waals surface area contributed by atoms with Gasteiger partial charge in [-0.2, -0.15) is 0 Å². The Bertz CT molecular complexity index is 1010. The van der Waals surface area contributed by atoms with E-state index in [-0.39, 0.29) is 17.2 Å². The summed E-state index contributed by atoms with van der Waals surface area (Å²) in [5.74, 6) is 0.354. The maximum absolute atomic E-state index is 11.5. The van der Waals surface area contributed by atoms with Crippen LogP contribution in [-0.2, 0) is 5.41 Å². The van der Waals surface area contributed by atoms with Crippen LogP contribution in [0.25, 0.3) is 0 Å². The van der Waals surface area contributed by atoms with Gasteiger partial charge in [0.05, 0.1) is 0 Å². The lowest BCUT2D eigenvalue weighted by Crippen LogP contribution is -2.30. The second-order valence-electron chi connectivity index (χ2n) is 7.93. The first-order chi connectivity index (χ1) is 14.8. The number of benzene rings is 3. The molecular weight excluding hydrogens is 392 g/mol. The maximum atomic E-state index is 11.5. The van der Waals surface area contributed by atoms with Gasteiger partial charge in [-0.05, 0) is 53.4 Å². The first kappa shape index (κ1) is 22.2. The largest absolute Gasteiger partial charge is 0.507 e. The Balaban J connectivity index is 1.73. The van der Waals surface area contributed by atoms with Crippen molar-refractivity contribution in [1.29, 1.82) is 0 Å². The summed E-state index contributed by atoms with van der Waals surface area (Å²) in [4.78, 5) is 11.5. The first-order valence-corrected chi connectivity index (χ1v) is 10.3. The molecule has 3 aromatic carbocycles. The molecule has 1 unspecified atom stereocenters. The summed E-state index contributed by atoms with van der Waals surface area (Å²) in [5, 5.41) is 19.3.